The van der Waals surface area contributed by atoms with Gasteiger partial charge in [-0.15, -0.1) is 0 Å². The number of rotatable bonds is 4. The Morgan fingerprint density at radius 3 is 2.78 bits per heavy atom. The molecule has 1 aliphatic rings. The third kappa shape index (κ3) is 3.22. The molecule has 0 spiro atoms. The van der Waals surface area contributed by atoms with Gasteiger partial charge in [0.05, 0.1) is 7.11 Å². The molecule has 2 rings (SSSR count). The highest BCUT2D eigenvalue weighted by atomic mass is 19.1. The molecule has 1 fully saturated rings. The van der Waals surface area contributed by atoms with Gasteiger partial charge in [0.25, 0.3) is 0 Å². The highest BCUT2D eigenvalue weighted by Crippen LogP contribution is 2.24. The predicted molar refractivity (Wildman–Crippen MR) is 71.2 cm³/mol. The summed E-state index contributed by atoms with van der Waals surface area (Å²) in [6.07, 6.45) is 5.18. The van der Waals surface area contributed by atoms with Gasteiger partial charge in [-0.3, -0.25) is 0 Å². The van der Waals surface area contributed by atoms with Crippen LogP contribution in [-0.4, -0.2) is 13.2 Å². The maximum atomic E-state index is 13.5. The van der Waals surface area contributed by atoms with E-state index in [1.165, 1.54) is 32.8 Å². The van der Waals surface area contributed by atoms with E-state index in [0.717, 1.165) is 18.0 Å². The highest BCUT2D eigenvalue weighted by molar-refractivity contribution is 5.29. The molecule has 0 aromatic heterocycles. The minimum absolute atomic E-state index is 0.284. The van der Waals surface area contributed by atoms with E-state index in [-0.39, 0.29) is 5.82 Å². The van der Waals surface area contributed by atoms with Crippen molar-refractivity contribution >= 4 is 0 Å². The molecule has 2 unspecified atom stereocenters. The van der Waals surface area contributed by atoms with Crippen LogP contribution in [0.15, 0.2) is 18.2 Å². The van der Waals surface area contributed by atoms with Crippen LogP contribution in [0.3, 0.4) is 0 Å². The van der Waals surface area contributed by atoms with Gasteiger partial charge in [0.1, 0.15) is 0 Å². The van der Waals surface area contributed by atoms with Gasteiger partial charge in [0, 0.05) is 12.6 Å². The zero-order valence-electron chi connectivity index (χ0n) is 11.2. The molecule has 2 atom stereocenters. The molecule has 2 nitrogen and oxygen atoms in total. The van der Waals surface area contributed by atoms with Gasteiger partial charge in [0.2, 0.25) is 0 Å². The second kappa shape index (κ2) is 6.19. The van der Waals surface area contributed by atoms with Crippen molar-refractivity contribution < 1.29 is 9.13 Å². The van der Waals surface area contributed by atoms with Crippen molar-refractivity contribution in [2.45, 2.75) is 45.2 Å². The fourth-order valence-corrected chi connectivity index (χ4v) is 2.69. The Hall–Kier alpha value is -1.09. The Labute approximate surface area is 109 Å². The lowest BCUT2D eigenvalue weighted by atomic mass is 9.86. The Balaban J connectivity index is 1.91. The van der Waals surface area contributed by atoms with Gasteiger partial charge in [-0.2, -0.15) is 0 Å². The van der Waals surface area contributed by atoms with Crippen molar-refractivity contribution in [2.24, 2.45) is 5.92 Å². The van der Waals surface area contributed by atoms with Crippen molar-refractivity contribution in [1.82, 2.24) is 5.32 Å². The molecule has 100 valence electrons. The zero-order valence-corrected chi connectivity index (χ0v) is 11.2. The van der Waals surface area contributed by atoms with Crippen molar-refractivity contribution in [2.75, 3.05) is 7.11 Å². The number of halogens is 1. The summed E-state index contributed by atoms with van der Waals surface area (Å²) in [6, 6.07) is 5.74. The number of methoxy groups -OCH3 is 1. The second-order valence-electron chi connectivity index (χ2n) is 5.22. The summed E-state index contributed by atoms with van der Waals surface area (Å²) in [5.41, 5.74) is 0.978. The molecule has 0 radical (unpaired) electrons. The Kier molecular flexibility index (Phi) is 4.59. The van der Waals surface area contributed by atoms with Crippen LogP contribution in [0, 0.1) is 11.7 Å². The lowest BCUT2D eigenvalue weighted by Crippen LogP contribution is -2.36. The van der Waals surface area contributed by atoms with Crippen LogP contribution in [0.4, 0.5) is 4.39 Å². The summed E-state index contributed by atoms with van der Waals surface area (Å²) in [6.45, 7) is 3.03. The van der Waals surface area contributed by atoms with Gasteiger partial charge in [-0.1, -0.05) is 25.8 Å². The van der Waals surface area contributed by atoms with Crippen LogP contribution in [0.5, 0.6) is 5.75 Å². The average Bonchev–Trinajstić information content (AvgIpc) is 2.38. The van der Waals surface area contributed by atoms with Gasteiger partial charge >= 0.3 is 0 Å². The topological polar surface area (TPSA) is 21.3 Å². The normalized spacial score (nSPS) is 23.9. The summed E-state index contributed by atoms with van der Waals surface area (Å²) in [5.74, 6) is 0.750. The number of ether oxygens (including phenoxy) is 1. The van der Waals surface area contributed by atoms with Crippen LogP contribution in [-0.2, 0) is 6.54 Å². The third-order valence-corrected chi connectivity index (χ3v) is 3.90. The van der Waals surface area contributed by atoms with E-state index < -0.39 is 0 Å². The predicted octanol–water partition coefficient (Wildman–Crippen LogP) is 3.50. The molecule has 18 heavy (non-hydrogen) atoms. The molecule has 0 bridgehead atoms. The van der Waals surface area contributed by atoms with E-state index in [1.54, 1.807) is 12.1 Å². The highest BCUT2D eigenvalue weighted by Gasteiger charge is 2.20. The largest absolute Gasteiger partial charge is 0.494 e. The molecule has 0 heterocycles. The SMILES string of the molecule is COc1ccc(CNC2CCCCC2C)cc1F. The number of hydrogen-bond donors (Lipinski definition) is 1. The molecule has 0 aliphatic heterocycles. The first-order valence-electron chi connectivity index (χ1n) is 6.76. The van der Waals surface area contributed by atoms with Gasteiger partial charge in [0.15, 0.2) is 11.6 Å². The maximum absolute atomic E-state index is 13.5. The Bertz CT molecular complexity index is 394. The van der Waals surface area contributed by atoms with E-state index in [1.807, 2.05) is 6.07 Å². The monoisotopic (exact) mass is 251 g/mol. The number of hydrogen-bond acceptors (Lipinski definition) is 2. The molecular weight excluding hydrogens is 229 g/mol. The molecule has 1 aliphatic carbocycles. The molecule has 1 N–H and O–H groups in total. The van der Waals surface area contributed by atoms with Crippen LogP contribution in [0.25, 0.3) is 0 Å². The summed E-state index contributed by atoms with van der Waals surface area (Å²) in [4.78, 5) is 0. The quantitative estimate of drug-likeness (QED) is 0.884. The molecule has 1 aromatic carbocycles. The fraction of sp³-hybridized carbons (Fsp3) is 0.600. The van der Waals surface area contributed by atoms with E-state index >= 15 is 0 Å². The summed E-state index contributed by atoms with van der Waals surface area (Å²) >= 11 is 0. The van der Waals surface area contributed by atoms with E-state index in [9.17, 15) is 4.39 Å². The van der Waals surface area contributed by atoms with Crippen molar-refractivity contribution in [3.05, 3.63) is 29.6 Å². The summed E-state index contributed by atoms with van der Waals surface area (Å²) in [5, 5.41) is 3.54. The first-order chi connectivity index (χ1) is 8.70. The maximum Gasteiger partial charge on any atom is 0.165 e. The zero-order chi connectivity index (χ0) is 13.0. The van der Waals surface area contributed by atoms with Crippen LogP contribution in [0.2, 0.25) is 0 Å². The van der Waals surface area contributed by atoms with Crippen LogP contribution >= 0.6 is 0 Å². The molecular formula is C15H22FNO. The molecule has 0 amide bonds. The first-order valence-corrected chi connectivity index (χ1v) is 6.76. The molecule has 1 aromatic rings. The van der Waals surface area contributed by atoms with Crippen molar-refractivity contribution in [1.29, 1.82) is 0 Å². The van der Waals surface area contributed by atoms with Crippen LogP contribution in [0.1, 0.15) is 38.2 Å². The minimum Gasteiger partial charge on any atom is -0.494 e. The summed E-state index contributed by atoms with van der Waals surface area (Å²) < 4.78 is 18.5. The molecule has 1 saturated carbocycles. The Morgan fingerprint density at radius 2 is 2.11 bits per heavy atom. The van der Waals surface area contributed by atoms with Crippen molar-refractivity contribution in [3.8, 4) is 5.75 Å². The van der Waals surface area contributed by atoms with Crippen LogP contribution < -0.4 is 10.1 Å². The molecule has 0 saturated heterocycles. The summed E-state index contributed by atoms with van der Waals surface area (Å²) in [7, 11) is 1.49. The minimum atomic E-state index is -0.284. The standard InChI is InChI=1S/C15H22FNO/c1-11-5-3-4-6-14(11)17-10-12-7-8-15(18-2)13(16)9-12/h7-9,11,14,17H,3-6,10H2,1-2H3. The second-order valence-corrected chi connectivity index (χ2v) is 5.22. The van der Waals surface area contributed by atoms with E-state index in [0.29, 0.717) is 11.8 Å². The first kappa shape index (κ1) is 13.3. The average molecular weight is 251 g/mol. The number of benzene rings is 1. The lowest BCUT2D eigenvalue weighted by Gasteiger charge is -2.29. The molecule has 3 heteroatoms. The van der Waals surface area contributed by atoms with Gasteiger partial charge < -0.3 is 10.1 Å². The third-order valence-electron chi connectivity index (χ3n) is 3.90. The lowest BCUT2D eigenvalue weighted by molar-refractivity contribution is 0.279. The van der Waals surface area contributed by atoms with E-state index in [2.05, 4.69) is 12.2 Å². The van der Waals surface area contributed by atoms with E-state index in [4.69, 9.17) is 4.74 Å². The fourth-order valence-electron chi connectivity index (χ4n) is 2.69. The number of nitrogens with one attached hydrogen (secondary N) is 1. The van der Waals surface area contributed by atoms with Gasteiger partial charge in [-0.25, -0.2) is 4.39 Å². The van der Waals surface area contributed by atoms with Gasteiger partial charge in [-0.05, 0) is 36.5 Å². The van der Waals surface area contributed by atoms with Crippen molar-refractivity contribution in [3.63, 3.8) is 0 Å². The Morgan fingerprint density at radius 1 is 1.33 bits per heavy atom. The smallest absolute Gasteiger partial charge is 0.165 e.